The van der Waals surface area contributed by atoms with Crippen LogP contribution in [0.3, 0.4) is 0 Å². The van der Waals surface area contributed by atoms with Gasteiger partial charge in [0.05, 0.1) is 15.5 Å². The first kappa shape index (κ1) is 21.2. The lowest BCUT2D eigenvalue weighted by Crippen LogP contribution is -2.11. The van der Waals surface area contributed by atoms with Crippen molar-refractivity contribution in [2.24, 2.45) is 5.14 Å². The Bertz CT molecular complexity index is 1290. The van der Waals surface area contributed by atoms with Gasteiger partial charge in [-0.1, -0.05) is 39.8 Å². The standard InChI is InChI=1S/C21H14BrFN2O2S3/c22-15-5-9-17(10-6-15)28-21-25-19(13-1-7-16(23)8-2-13)20(29-21)14-3-11-18(12-4-14)30(24,26)27/h1-12H,(H2,24,26,27). The summed E-state index contributed by atoms with van der Waals surface area (Å²) in [6.45, 7) is 0. The first-order chi connectivity index (χ1) is 14.3. The van der Waals surface area contributed by atoms with Crippen LogP contribution in [0.15, 0.2) is 91.4 Å². The first-order valence-corrected chi connectivity index (χ1v) is 12.6. The molecule has 30 heavy (non-hydrogen) atoms. The Balaban J connectivity index is 1.78. The summed E-state index contributed by atoms with van der Waals surface area (Å²) in [6.07, 6.45) is 0. The molecule has 0 bridgehead atoms. The van der Waals surface area contributed by atoms with E-state index in [2.05, 4.69) is 15.9 Å². The summed E-state index contributed by atoms with van der Waals surface area (Å²) in [5, 5.41) is 5.20. The molecule has 152 valence electrons. The second-order valence-corrected chi connectivity index (χ2v) is 11.1. The Labute approximate surface area is 190 Å². The number of nitrogens with two attached hydrogens (primary N) is 1. The van der Waals surface area contributed by atoms with Crippen molar-refractivity contribution in [1.82, 2.24) is 4.98 Å². The van der Waals surface area contributed by atoms with Gasteiger partial charge < -0.3 is 0 Å². The number of rotatable bonds is 5. The maximum atomic E-state index is 13.4. The molecule has 1 heterocycles. The zero-order valence-electron chi connectivity index (χ0n) is 15.2. The molecule has 0 aliphatic heterocycles. The normalized spacial score (nSPS) is 11.6. The van der Waals surface area contributed by atoms with Crippen molar-refractivity contribution >= 4 is 49.1 Å². The maximum absolute atomic E-state index is 13.4. The molecule has 0 aliphatic rings. The van der Waals surface area contributed by atoms with Gasteiger partial charge >= 0.3 is 0 Å². The molecular formula is C21H14BrFN2O2S3. The van der Waals surface area contributed by atoms with E-state index in [1.807, 2.05) is 24.3 Å². The van der Waals surface area contributed by atoms with E-state index in [9.17, 15) is 12.8 Å². The Hall–Kier alpha value is -2.04. The van der Waals surface area contributed by atoms with E-state index < -0.39 is 10.0 Å². The Morgan fingerprint density at radius 2 is 1.50 bits per heavy atom. The van der Waals surface area contributed by atoms with Crippen molar-refractivity contribution in [3.63, 3.8) is 0 Å². The van der Waals surface area contributed by atoms with Crippen LogP contribution in [0.4, 0.5) is 4.39 Å². The number of halogens is 2. The van der Waals surface area contributed by atoms with Crippen LogP contribution in [0, 0.1) is 5.82 Å². The number of hydrogen-bond donors (Lipinski definition) is 1. The third kappa shape index (κ3) is 4.81. The van der Waals surface area contributed by atoms with Gasteiger partial charge in [0.25, 0.3) is 0 Å². The SMILES string of the molecule is NS(=O)(=O)c1ccc(-c2sc(Sc3ccc(Br)cc3)nc2-c2ccc(F)cc2)cc1. The monoisotopic (exact) mass is 520 g/mol. The van der Waals surface area contributed by atoms with E-state index >= 15 is 0 Å². The highest BCUT2D eigenvalue weighted by molar-refractivity contribution is 9.10. The largest absolute Gasteiger partial charge is 0.238 e. The van der Waals surface area contributed by atoms with Crippen LogP contribution in [-0.4, -0.2) is 13.4 Å². The van der Waals surface area contributed by atoms with E-state index in [4.69, 9.17) is 10.1 Å². The van der Waals surface area contributed by atoms with E-state index in [1.54, 1.807) is 24.3 Å². The molecule has 0 atom stereocenters. The Morgan fingerprint density at radius 3 is 2.10 bits per heavy atom. The fraction of sp³-hybridized carbons (Fsp3) is 0. The summed E-state index contributed by atoms with van der Waals surface area (Å²) in [4.78, 5) is 6.72. The van der Waals surface area contributed by atoms with Crippen LogP contribution in [0.5, 0.6) is 0 Å². The molecule has 2 N–H and O–H groups in total. The van der Waals surface area contributed by atoms with Crippen LogP contribution >= 0.6 is 39.0 Å². The van der Waals surface area contributed by atoms with Crippen LogP contribution in [-0.2, 0) is 10.0 Å². The van der Waals surface area contributed by atoms with Gasteiger partial charge in [-0.25, -0.2) is 22.9 Å². The van der Waals surface area contributed by atoms with Gasteiger partial charge in [-0.2, -0.15) is 0 Å². The van der Waals surface area contributed by atoms with Crippen molar-refractivity contribution in [2.75, 3.05) is 0 Å². The summed E-state index contributed by atoms with van der Waals surface area (Å²) in [5.41, 5.74) is 2.30. The minimum atomic E-state index is -3.77. The Morgan fingerprint density at radius 1 is 0.900 bits per heavy atom. The minimum Gasteiger partial charge on any atom is -0.229 e. The molecule has 0 aliphatic carbocycles. The summed E-state index contributed by atoms with van der Waals surface area (Å²) < 4.78 is 38.3. The molecule has 0 fully saturated rings. The third-order valence-electron chi connectivity index (χ3n) is 4.19. The van der Waals surface area contributed by atoms with E-state index in [0.29, 0.717) is 5.69 Å². The summed E-state index contributed by atoms with van der Waals surface area (Å²) in [6, 6.07) is 20.4. The van der Waals surface area contributed by atoms with E-state index in [0.717, 1.165) is 29.7 Å². The smallest absolute Gasteiger partial charge is 0.229 e. The maximum Gasteiger partial charge on any atom is 0.238 e. The lowest BCUT2D eigenvalue weighted by molar-refractivity contribution is 0.598. The van der Waals surface area contributed by atoms with Crippen molar-refractivity contribution in [3.05, 3.63) is 83.1 Å². The lowest BCUT2D eigenvalue weighted by Gasteiger charge is -2.04. The summed E-state index contributed by atoms with van der Waals surface area (Å²) >= 11 is 6.45. The number of hydrogen-bond acceptors (Lipinski definition) is 5. The molecule has 0 unspecified atom stereocenters. The lowest BCUT2D eigenvalue weighted by atomic mass is 10.1. The summed E-state index contributed by atoms with van der Waals surface area (Å²) in [5.74, 6) is -0.322. The molecule has 0 amide bonds. The number of aromatic nitrogens is 1. The number of primary sulfonamides is 1. The predicted molar refractivity (Wildman–Crippen MR) is 123 cm³/mol. The zero-order valence-corrected chi connectivity index (χ0v) is 19.3. The molecule has 4 nitrogen and oxygen atoms in total. The van der Waals surface area contributed by atoms with E-state index in [-0.39, 0.29) is 10.7 Å². The fourth-order valence-electron chi connectivity index (χ4n) is 2.74. The molecule has 0 spiro atoms. The van der Waals surface area contributed by atoms with Crippen molar-refractivity contribution in [1.29, 1.82) is 0 Å². The van der Waals surface area contributed by atoms with Gasteiger partial charge in [0.2, 0.25) is 10.0 Å². The average molecular weight is 521 g/mol. The molecule has 4 rings (SSSR count). The number of sulfonamides is 1. The van der Waals surface area contributed by atoms with Crippen LogP contribution in [0.1, 0.15) is 0 Å². The minimum absolute atomic E-state index is 0.0450. The quantitative estimate of drug-likeness (QED) is 0.341. The highest BCUT2D eigenvalue weighted by atomic mass is 79.9. The van der Waals surface area contributed by atoms with Crippen LogP contribution in [0.25, 0.3) is 21.7 Å². The van der Waals surface area contributed by atoms with Gasteiger partial charge in [0.1, 0.15) is 5.82 Å². The number of benzene rings is 3. The number of thiazole rings is 1. The highest BCUT2D eigenvalue weighted by Crippen LogP contribution is 2.42. The van der Waals surface area contributed by atoms with Crippen molar-refractivity contribution < 1.29 is 12.8 Å². The molecule has 4 aromatic rings. The third-order valence-corrected chi connectivity index (χ3v) is 7.82. The second kappa shape index (κ2) is 8.60. The van der Waals surface area contributed by atoms with Gasteiger partial charge in [-0.05, 0) is 66.2 Å². The number of nitrogens with zero attached hydrogens (tertiary/aromatic N) is 1. The molecular weight excluding hydrogens is 507 g/mol. The van der Waals surface area contributed by atoms with Crippen molar-refractivity contribution in [3.8, 4) is 21.7 Å². The van der Waals surface area contributed by atoms with Crippen molar-refractivity contribution in [2.45, 2.75) is 14.1 Å². The van der Waals surface area contributed by atoms with Gasteiger partial charge in [-0.3, -0.25) is 0 Å². The molecule has 0 saturated heterocycles. The molecule has 9 heteroatoms. The fourth-order valence-corrected chi connectivity index (χ4v) is 5.66. The molecule has 3 aromatic carbocycles. The molecule has 0 radical (unpaired) electrons. The predicted octanol–water partition coefficient (Wildman–Crippen LogP) is 6.18. The van der Waals surface area contributed by atoms with Crippen LogP contribution in [0.2, 0.25) is 0 Å². The first-order valence-electron chi connectivity index (χ1n) is 8.63. The zero-order chi connectivity index (χ0) is 21.3. The van der Waals surface area contributed by atoms with E-state index in [1.165, 1.54) is 47.4 Å². The average Bonchev–Trinajstić information content (AvgIpc) is 3.13. The summed E-state index contributed by atoms with van der Waals surface area (Å²) in [7, 11) is -3.77. The van der Waals surface area contributed by atoms with Gasteiger partial charge in [0, 0.05) is 14.9 Å². The highest BCUT2D eigenvalue weighted by Gasteiger charge is 2.17. The second-order valence-electron chi connectivity index (χ2n) is 6.29. The van der Waals surface area contributed by atoms with Gasteiger partial charge in [-0.15, -0.1) is 11.3 Å². The Kier molecular flexibility index (Phi) is 6.08. The topological polar surface area (TPSA) is 73.1 Å². The molecule has 1 aromatic heterocycles. The molecule has 0 saturated carbocycles. The van der Waals surface area contributed by atoms with Gasteiger partial charge in [0.15, 0.2) is 4.34 Å². The van der Waals surface area contributed by atoms with Crippen LogP contribution < -0.4 is 5.14 Å².